The Morgan fingerprint density at radius 1 is 1.22 bits per heavy atom. The summed E-state index contributed by atoms with van der Waals surface area (Å²) in [6, 6.07) is 13.5. The van der Waals surface area contributed by atoms with E-state index < -0.39 is 0 Å². The highest BCUT2D eigenvalue weighted by Gasteiger charge is 2.29. The molecule has 2 heterocycles. The quantitative estimate of drug-likeness (QED) is 0.533. The SMILES string of the molecule is COc1ccc(C(=O)N(Cc2nc3ccccc3s2)CC2CCCN2CCO)cc1OC. The minimum absolute atomic E-state index is 0.0685. The molecule has 1 aromatic heterocycles. The van der Waals surface area contributed by atoms with Gasteiger partial charge in [0, 0.05) is 24.7 Å². The fourth-order valence-electron chi connectivity index (χ4n) is 4.30. The molecule has 32 heavy (non-hydrogen) atoms. The molecule has 0 bridgehead atoms. The highest BCUT2D eigenvalue weighted by atomic mass is 32.1. The Morgan fingerprint density at radius 2 is 2.03 bits per heavy atom. The lowest BCUT2D eigenvalue weighted by Gasteiger charge is -2.30. The van der Waals surface area contributed by atoms with Crippen LogP contribution < -0.4 is 9.47 Å². The Morgan fingerprint density at radius 3 is 2.78 bits per heavy atom. The molecule has 1 fully saturated rings. The number of amides is 1. The second-order valence-electron chi connectivity index (χ2n) is 7.89. The van der Waals surface area contributed by atoms with Gasteiger partial charge in [0.15, 0.2) is 11.5 Å². The monoisotopic (exact) mass is 455 g/mol. The summed E-state index contributed by atoms with van der Waals surface area (Å²) in [5.41, 5.74) is 1.50. The molecule has 1 N–H and O–H groups in total. The summed E-state index contributed by atoms with van der Waals surface area (Å²) >= 11 is 1.62. The van der Waals surface area contributed by atoms with Gasteiger partial charge in [0.05, 0.1) is 37.6 Å². The van der Waals surface area contributed by atoms with Crippen LogP contribution in [0.4, 0.5) is 0 Å². The van der Waals surface area contributed by atoms with E-state index in [0.717, 1.165) is 34.6 Å². The average molecular weight is 456 g/mol. The van der Waals surface area contributed by atoms with Gasteiger partial charge in [0.1, 0.15) is 5.01 Å². The predicted molar refractivity (Wildman–Crippen MR) is 126 cm³/mol. The van der Waals surface area contributed by atoms with Crippen molar-refractivity contribution in [1.82, 2.24) is 14.8 Å². The van der Waals surface area contributed by atoms with Crippen LogP contribution in [-0.2, 0) is 6.54 Å². The Balaban J connectivity index is 1.62. The number of likely N-dealkylation sites (tertiary alicyclic amines) is 1. The molecule has 1 atom stereocenters. The van der Waals surface area contributed by atoms with Crippen molar-refractivity contribution in [3.63, 3.8) is 0 Å². The van der Waals surface area contributed by atoms with E-state index in [-0.39, 0.29) is 18.6 Å². The lowest BCUT2D eigenvalue weighted by molar-refractivity contribution is 0.0679. The third-order valence-electron chi connectivity index (χ3n) is 5.90. The van der Waals surface area contributed by atoms with Crippen LogP contribution in [0.5, 0.6) is 11.5 Å². The van der Waals surface area contributed by atoms with E-state index in [4.69, 9.17) is 14.5 Å². The Labute approximate surface area is 192 Å². The van der Waals surface area contributed by atoms with Gasteiger partial charge >= 0.3 is 0 Å². The molecule has 0 radical (unpaired) electrons. The first kappa shape index (κ1) is 22.5. The number of hydrogen-bond donors (Lipinski definition) is 1. The van der Waals surface area contributed by atoms with Gasteiger partial charge in [0.2, 0.25) is 0 Å². The van der Waals surface area contributed by atoms with Crippen LogP contribution in [0.3, 0.4) is 0 Å². The number of rotatable bonds is 9. The van der Waals surface area contributed by atoms with E-state index in [1.807, 2.05) is 23.1 Å². The minimum Gasteiger partial charge on any atom is -0.493 e. The van der Waals surface area contributed by atoms with Gasteiger partial charge in [-0.3, -0.25) is 9.69 Å². The van der Waals surface area contributed by atoms with E-state index in [1.165, 1.54) is 0 Å². The molecule has 1 aliphatic rings. The zero-order valence-electron chi connectivity index (χ0n) is 18.5. The summed E-state index contributed by atoms with van der Waals surface area (Å²) in [4.78, 5) is 22.5. The molecular weight excluding hydrogens is 426 g/mol. The number of thiazole rings is 1. The molecule has 8 heteroatoms. The zero-order valence-corrected chi connectivity index (χ0v) is 19.3. The van der Waals surface area contributed by atoms with E-state index in [9.17, 15) is 9.90 Å². The first-order chi connectivity index (χ1) is 15.6. The number of fused-ring (bicyclic) bond motifs is 1. The standard InChI is InChI=1S/C24H29N3O4S/c1-30-20-10-9-17(14-21(20)31-2)24(29)27(15-18-6-5-11-26(18)12-13-28)16-23-25-19-7-3-4-8-22(19)32-23/h3-4,7-10,14,18,28H,5-6,11-13,15-16H2,1-2H3. The van der Waals surface area contributed by atoms with E-state index in [0.29, 0.717) is 36.7 Å². The average Bonchev–Trinajstić information content (AvgIpc) is 3.44. The number of carbonyl (C=O) groups is 1. The van der Waals surface area contributed by atoms with Crippen molar-refractivity contribution in [3.8, 4) is 11.5 Å². The second kappa shape index (κ2) is 10.3. The highest BCUT2D eigenvalue weighted by molar-refractivity contribution is 7.18. The number of β-amino-alcohol motifs (C(OH)–C–C–N with tert-alkyl or cyclic N) is 1. The van der Waals surface area contributed by atoms with Gasteiger partial charge in [0.25, 0.3) is 5.91 Å². The van der Waals surface area contributed by atoms with Crippen LogP contribution in [0.15, 0.2) is 42.5 Å². The molecule has 7 nitrogen and oxygen atoms in total. The summed E-state index contributed by atoms with van der Waals surface area (Å²) in [5, 5.41) is 10.3. The number of aliphatic hydroxyl groups is 1. The topological polar surface area (TPSA) is 75.1 Å². The Hall–Kier alpha value is -2.68. The van der Waals surface area contributed by atoms with E-state index in [1.54, 1.807) is 43.8 Å². The Bertz CT molecular complexity index is 1040. The van der Waals surface area contributed by atoms with Crippen LogP contribution in [0.2, 0.25) is 0 Å². The number of nitrogens with zero attached hydrogens (tertiary/aromatic N) is 3. The fourth-order valence-corrected chi connectivity index (χ4v) is 5.28. The molecule has 1 saturated heterocycles. The van der Waals surface area contributed by atoms with Crippen LogP contribution in [0, 0.1) is 0 Å². The first-order valence-corrected chi connectivity index (χ1v) is 11.6. The van der Waals surface area contributed by atoms with Crippen molar-refractivity contribution in [1.29, 1.82) is 0 Å². The molecular formula is C24H29N3O4S. The largest absolute Gasteiger partial charge is 0.493 e. The third-order valence-corrected chi connectivity index (χ3v) is 6.92. The van der Waals surface area contributed by atoms with Crippen LogP contribution in [0.25, 0.3) is 10.2 Å². The number of methoxy groups -OCH3 is 2. The van der Waals surface area contributed by atoms with Gasteiger partial charge in [-0.1, -0.05) is 12.1 Å². The van der Waals surface area contributed by atoms with Crippen molar-refractivity contribution < 1.29 is 19.4 Å². The van der Waals surface area contributed by atoms with Crippen LogP contribution in [-0.4, -0.2) is 72.3 Å². The zero-order chi connectivity index (χ0) is 22.5. The summed E-state index contributed by atoms with van der Waals surface area (Å²) < 4.78 is 11.8. The van der Waals surface area contributed by atoms with Gasteiger partial charge in [-0.15, -0.1) is 11.3 Å². The van der Waals surface area contributed by atoms with E-state index in [2.05, 4.69) is 11.0 Å². The fraction of sp³-hybridized carbons (Fsp3) is 0.417. The number of aromatic nitrogens is 1. The molecule has 170 valence electrons. The molecule has 2 aromatic carbocycles. The van der Waals surface area contributed by atoms with Crippen molar-refractivity contribution in [2.24, 2.45) is 0 Å². The maximum atomic E-state index is 13.6. The minimum atomic E-state index is -0.0685. The van der Waals surface area contributed by atoms with Crippen LogP contribution >= 0.6 is 11.3 Å². The first-order valence-electron chi connectivity index (χ1n) is 10.8. The maximum absolute atomic E-state index is 13.6. The number of benzene rings is 2. The molecule has 1 aliphatic heterocycles. The van der Waals surface area contributed by atoms with Crippen LogP contribution in [0.1, 0.15) is 28.2 Å². The molecule has 4 rings (SSSR count). The predicted octanol–water partition coefficient (Wildman–Crippen LogP) is 3.41. The number of aliphatic hydroxyl groups excluding tert-OH is 1. The number of para-hydroxylation sites is 1. The lowest BCUT2D eigenvalue weighted by atomic mass is 10.1. The highest BCUT2D eigenvalue weighted by Crippen LogP contribution is 2.29. The molecule has 0 aliphatic carbocycles. The van der Waals surface area contributed by atoms with E-state index >= 15 is 0 Å². The number of ether oxygens (including phenoxy) is 2. The summed E-state index contributed by atoms with van der Waals surface area (Å²) in [6.45, 7) is 2.73. The van der Waals surface area contributed by atoms with Gasteiger partial charge in [-0.25, -0.2) is 4.98 Å². The molecule has 0 saturated carbocycles. The summed E-state index contributed by atoms with van der Waals surface area (Å²) in [6.07, 6.45) is 2.08. The van der Waals surface area contributed by atoms with Crippen molar-refractivity contribution in [2.45, 2.75) is 25.4 Å². The van der Waals surface area contributed by atoms with Crippen molar-refractivity contribution >= 4 is 27.5 Å². The molecule has 1 unspecified atom stereocenters. The summed E-state index contributed by atoms with van der Waals surface area (Å²) in [5.74, 6) is 1.05. The molecule has 1 amide bonds. The van der Waals surface area contributed by atoms with Gasteiger partial charge in [-0.2, -0.15) is 0 Å². The number of carbonyl (C=O) groups excluding carboxylic acids is 1. The molecule has 3 aromatic rings. The van der Waals surface area contributed by atoms with Crippen molar-refractivity contribution in [3.05, 3.63) is 53.0 Å². The maximum Gasteiger partial charge on any atom is 0.254 e. The Kier molecular flexibility index (Phi) is 7.24. The van der Waals surface area contributed by atoms with Gasteiger partial charge < -0.3 is 19.5 Å². The molecule has 0 spiro atoms. The van der Waals surface area contributed by atoms with Crippen molar-refractivity contribution in [2.75, 3.05) is 40.5 Å². The van der Waals surface area contributed by atoms with Gasteiger partial charge in [-0.05, 0) is 49.7 Å². The third kappa shape index (κ3) is 4.87. The summed E-state index contributed by atoms with van der Waals surface area (Å²) in [7, 11) is 3.14. The number of hydrogen-bond acceptors (Lipinski definition) is 7. The lowest BCUT2D eigenvalue weighted by Crippen LogP contribution is -2.43. The second-order valence-corrected chi connectivity index (χ2v) is 9.00. The normalized spacial score (nSPS) is 16.4. The smallest absolute Gasteiger partial charge is 0.254 e.